The summed E-state index contributed by atoms with van der Waals surface area (Å²) in [6.45, 7) is 6.16. The number of carbonyl (C=O) groups is 1. The van der Waals surface area contributed by atoms with Crippen molar-refractivity contribution < 1.29 is 9.53 Å². The number of hydrogen-bond donors (Lipinski definition) is 1. The van der Waals surface area contributed by atoms with Crippen molar-refractivity contribution in [3.8, 4) is 0 Å². The van der Waals surface area contributed by atoms with Gasteiger partial charge in [-0.05, 0) is 18.9 Å². The van der Waals surface area contributed by atoms with Crippen LogP contribution < -0.4 is 10.2 Å². The van der Waals surface area contributed by atoms with Crippen LogP contribution in [0.4, 0.5) is 5.82 Å². The van der Waals surface area contributed by atoms with Crippen LogP contribution in [0.2, 0.25) is 0 Å². The smallest absolute Gasteiger partial charge is 0.376 e. The van der Waals surface area contributed by atoms with Gasteiger partial charge in [-0.2, -0.15) is 0 Å². The molecule has 1 saturated heterocycles. The van der Waals surface area contributed by atoms with Crippen molar-refractivity contribution in [1.82, 2.24) is 15.3 Å². The Bertz CT molecular complexity index is 466. The molecule has 2 atom stereocenters. The number of ether oxygens (including phenoxy) is 1. The van der Waals surface area contributed by atoms with Gasteiger partial charge in [0.05, 0.1) is 7.11 Å². The molecular formula is C14H22N4O2. The Morgan fingerprint density at radius 1 is 1.50 bits per heavy atom. The van der Waals surface area contributed by atoms with Gasteiger partial charge in [-0.25, -0.2) is 14.8 Å². The van der Waals surface area contributed by atoms with Gasteiger partial charge in [0.25, 0.3) is 0 Å². The third kappa shape index (κ3) is 3.07. The first-order valence-corrected chi connectivity index (χ1v) is 7.10. The molecule has 1 fully saturated rings. The Hall–Kier alpha value is -1.69. The topological polar surface area (TPSA) is 67.4 Å². The second kappa shape index (κ2) is 6.65. The summed E-state index contributed by atoms with van der Waals surface area (Å²) in [7, 11) is 1.34. The average molecular weight is 278 g/mol. The zero-order valence-electron chi connectivity index (χ0n) is 12.3. The highest BCUT2D eigenvalue weighted by Gasteiger charge is 2.27. The van der Waals surface area contributed by atoms with Gasteiger partial charge in [0.2, 0.25) is 5.82 Å². The molecule has 0 radical (unpaired) electrons. The lowest BCUT2D eigenvalue weighted by atomic mass is 10.1. The normalized spacial score (nSPS) is 22.6. The zero-order chi connectivity index (χ0) is 14.5. The Morgan fingerprint density at radius 3 is 2.95 bits per heavy atom. The van der Waals surface area contributed by atoms with Crippen LogP contribution in [0, 0.1) is 0 Å². The van der Waals surface area contributed by atoms with E-state index in [1.165, 1.54) is 7.11 Å². The SMILES string of the molecule is CCC1CN(c2ccnc(C(=O)OC)n2)C(CC)CN1. The summed E-state index contributed by atoms with van der Waals surface area (Å²) in [5.74, 6) is 0.417. The minimum Gasteiger partial charge on any atom is -0.463 e. The van der Waals surface area contributed by atoms with Gasteiger partial charge < -0.3 is 15.0 Å². The maximum Gasteiger partial charge on any atom is 0.376 e. The minimum absolute atomic E-state index is 0.117. The quantitative estimate of drug-likeness (QED) is 0.836. The number of anilines is 1. The molecule has 1 aromatic rings. The zero-order valence-corrected chi connectivity index (χ0v) is 12.3. The second-order valence-electron chi connectivity index (χ2n) is 4.96. The third-order valence-corrected chi connectivity index (χ3v) is 3.77. The van der Waals surface area contributed by atoms with E-state index in [-0.39, 0.29) is 5.82 Å². The largest absolute Gasteiger partial charge is 0.463 e. The second-order valence-corrected chi connectivity index (χ2v) is 4.96. The van der Waals surface area contributed by atoms with Crippen LogP contribution in [0.3, 0.4) is 0 Å². The summed E-state index contributed by atoms with van der Waals surface area (Å²) in [4.78, 5) is 22.1. The lowest BCUT2D eigenvalue weighted by Crippen LogP contribution is -2.56. The van der Waals surface area contributed by atoms with Gasteiger partial charge >= 0.3 is 5.97 Å². The van der Waals surface area contributed by atoms with Crippen molar-refractivity contribution in [1.29, 1.82) is 0 Å². The first kappa shape index (κ1) is 14.7. The molecule has 6 nitrogen and oxygen atoms in total. The molecule has 0 saturated carbocycles. The molecule has 1 N–H and O–H groups in total. The number of rotatable bonds is 4. The van der Waals surface area contributed by atoms with Crippen molar-refractivity contribution >= 4 is 11.8 Å². The number of hydrogen-bond acceptors (Lipinski definition) is 6. The number of nitrogens with zero attached hydrogens (tertiary/aromatic N) is 3. The highest BCUT2D eigenvalue weighted by atomic mass is 16.5. The Kier molecular flexibility index (Phi) is 4.89. The monoisotopic (exact) mass is 278 g/mol. The summed E-state index contributed by atoms with van der Waals surface area (Å²) in [5, 5.41) is 3.54. The van der Waals surface area contributed by atoms with E-state index >= 15 is 0 Å². The van der Waals surface area contributed by atoms with Crippen LogP contribution in [-0.2, 0) is 4.74 Å². The van der Waals surface area contributed by atoms with Crippen molar-refractivity contribution in [2.75, 3.05) is 25.1 Å². The van der Waals surface area contributed by atoms with E-state index in [0.717, 1.165) is 31.7 Å². The molecule has 0 bridgehead atoms. The Morgan fingerprint density at radius 2 is 2.30 bits per heavy atom. The minimum atomic E-state index is -0.498. The molecule has 0 aromatic carbocycles. The molecule has 2 unspecified atom stereocenters. The van der Waals surface area contributed by atoms with E-state index in [4.69, 9.17) is 0 Å². The fourth-order valence-electron chi connectivity index (χ4n) is 2.48. The predicted octanol–water partition coefficient (Wildman–Crippen LogP) is 1.23. The summed E-state index contributed by atoms with van der Waals surface area (Å²) >= 11 is 0. The van der Waals surface area contributed by atoms with E-state index in [0.29, 0.717) is 12.1 Å². The van der Waals surface area contributed by atoms with Crippen LogP contribution in [0.25, 0.3) is 0 Å². The molecular weight excluding hydrogens is 256 g/mol. The summed E-state index contributed by atoms with van der Waals surface area (Å²) < 4.78 is 4.68. The Labute approximate surface area is 119 Å². The molecule has 2 rings (SSSR count). The standard InChI is InChI=1S/C14H22N4O2/c1-4-10-9-18(11(5-2)8-16-10)12-6-7-15-13(17-12)14(19)20-3/h6-7,10-11,16H,4-5,8-9H2,1-3H3. The molecule has 0 aliphatic carbocycles. The lowest BCUT2D eigenvalue weighted by molar-refractivity contribution is 0.0586. The number of methoxy groups -OCH3 is 1. The first-order chi connectivity index (χ1) is 9.69. The summed E-state index contributed by atoms with van der Waals surface area (Å²) in [5.41, 5.74) is 0. The molecule has 20 heavy (non-hydrogen) atoms. The molecule has 0 spiro atoms. The van der Waals surface area contributed by atoms with Crippen LogP contribution in [-0.4, -0.2) is 48.2 Å². The molecule has 1 aromatic heterocycles. The number of piperazine rings is 1. The molecule has 6 heteroatoms. The summed E-state index contributed by atoms with van der Waals surface area (Å²) in [6.07, 6.45) is 3.72. The van der Waals surface area contributed by atoms with Crippen LogP contribution in [0.15, 0.2) is 12.3 Å². The fraction of sp³-hybridized carbons (Fsp3) is 0.643. The van der Waals surface area contributed by atoms with Crippen molar-refractivity contribution in [2.45, 2.75) is 38.8 Å². The maximum absolute atomic E-state index is 11.5. The Balaban J connectivity index is 2.25. The third-order valence-electron chi connectivity index (χ3n) is 3.77. The van der Waals surface area contributed by atoms with Crippen LogP contribution in [0.5, 0.6) is 0 Å². The maximum atomic E-state index is 11.5. The highest BCUT2D eigenvalue weighted by molar-refractivity contribution is 5.85. The van der Waals surface area contributed by atoms with Gasteiger partial charge in [-0.3, -0.25) is 0 Å². The van der Waals surface area contributed by atoms with Crippen molar-refractivity contribution in [2.24, 2.45) is 0 Å². The molecule has 1 aliphatic heterocycles. The van der Waals surface area contributed by atoms with Gasteiger partial charge in [0.1, 0.15) is 5.82 Å². The van der Waals surface area contributed by atoms with E-state index in [1.807, 2.05) is 6.07 Å². The number of esters is 1. The van der Waals surface area contributed by atoms with E-state index < -0.39 is 5.97 Å². The molecule has 1 aliphatic rings. The predicted molar refractivity (Wildman–Crippen MR) is 76.9 cm³/mol. The summed E-state index contributed by atoms with van der Waals surface area (Å²) in [6, 6.07) is 2.69. The van der Waals surface area contributed by atoms with Gasteiger partial charge in [-0.1, -0.05) is 13.8 Å². The van der Waals surface area contributed by atoms with Crippen molar-refractivity contribution in [3.63, 3.8) is 0 Å². The van der Waals surface area contributed by atoms with Gasteiger partial charge in [-0.15, -0.1) is 0 Å². The molecule has 110 valence electrons. The first-order valence-electron chi connectivity index (χ1n) is 7.10. The van der Waals surface area contributed by atoms with Gasteiger partial charge in [0.15, 0.2) is 0 Å². The molecule has 0 amide bonds. The van der Waals surface area contributed by atoms with Gasteiger partial charge in [0, 0.05) is 31.4 Å². The van der Waals surface area contributed by atoms with E-state index in [1.54, 1.807) is 6.20 Å². The lowest BCUT2D eigenvalue weighted by Gasteiger charge is -2.40. The van der Waals surface area contributed by atoms with Crippen molar-refractivity contribution in [3.05, 3.63) is 18.1 Å². The average Bonchev–Trinajstić information content (AvgIpc) is 2.53. The highest BCUT2D eigenvalue weighted by Crippen LogP contribution is 2.20. The van der Waals surface area contributed by atoms with Crippen LogP contribution >= 0.6 is 0 Å². The number of carbonyl (C=O) groups excluding carboxylic acids is 1. The van der Waals surface area contributed by atoms with E-state index in [9.17, 15) is 4.79 Å². The van der Waals surface area contributed by atoms with E-state index in [2.05, 4.69) is 38.8 Å². The van der Waals surface area contributed by atoms with Crippen LogP contribution in [0.1, 0.15) is 37.3 Å². The molecule has 2 heterocycles. The fourth-order valence-corrected chi connectivity index (χ4v) is 2.48. The number of aromatic nitrogens is 2. The number of nitrogens with one attached hydrogen (secondary N) is 1.